The summed E-state index contributed by atoms with van der Waals surface area (Å²) < 4.78 is 9.91. The van der Waals surface area contributed by atoms with Crippen LogP contribution in [-0.2, 0) is 14.3 Å². The van der Waals surface area contributed by atoms with Gasteiger partial charge in [0.05, 0.1) is 13.2 Å². The minimum atomic E-state index is -0.460. The van der Waals surface area contributed by atoms with Crippen LogP contribution < -0.4 is 5.32 Å². The second kappa shape index (κ2) is 7.06. The van der Waals surface area contributed by atoms with Crippen molar-refractivity contribution >= 4 is 5.97 Å². The topological polar surface area (TPSA) is 47.6 Å². The van der Waals surface area contributed by atoms with Gasteiger partial charge in [0.25, 0.3) is 0 Å². The van der Waals surface area contributed by atoms with Crippen LogP contribution in [0.4, 0.5) is 0 Å². The van der Waals surface area contributed by atoms with E-state index < -0.39 is 6.10 Å². The third-order valence-corrected chi connectivity index (χ3v) is 1.34. The summed E-state index contributed by atoms with van der Waals surface area (Å²) >= 11 is 0. The molecule has 0 saturated heterocycles. The molecule has 0 aliphatic heterocycles. The first-order valence-electron chi connectivity index (χ1n) is 4.15. The van der Waals surface area contributed by atoms with E-state index in [1.165, 1.54) is 0 Å². The predicted molar refractivity (Wildman–Crippen MR) is 46.0 cm³/mol. The van der Waals surface area contributed by atoms with Gasteiger partial charge in [-0.25, -0.2) is 4.79 Å². The normalized spacial score (nSPS) is 12.6. The molecule has 0 aliphatic rings. The minimum absolute atomic E-state index is 0.298. The summed E-state index contributed by atoms with van der Waals surface area (Å²) in [4.78, 5) is 11.0. The van der Waals surface area contributed by atoms with E-state index in [9.17, 15) is 4.79 Å². The average Bonchev–Trinajstić information content (AvgIpc) is 2.05. The highest BCUT2D eigenvalue weighted by Crippen LogP contribution is 1.93. The Hall–Kier alpha value is -0.610. The Morgan fingerprint density at radius 3 is 2.75 bits per heavy atom. The number of nitrogens with one attached hydrogen (secondary N) is 1. The van der Waals surface area contributed by atoms with Gasteiger partial charge in [0, 0.05) is 6.54 Å². The number of carbonyl (C=O) groups is 1. The Morgan fingerprint density at radius 2 is 2.25 bits per heavy atom. The molecular formula is C8H17NO3. The highest BCUT2D eigenvalue weighted by molar-refractivity contribution is 5.74. The molecule has 0 fully saturated rings. The fourth-order valence-electron chi connectivity index (χ4n) is 0.665. The number of likely N-dealkylation sites (N-methyl/N-ethyl adjacent to an activating group) is 1. The molecule has 1 unspecified atom stereocenters. The van der Waals surface area contributed by atoms with Crippen LogP contribution in [0.25, 0.3) is 0 Å². The summed E-state index contributed by atoms with van der Waals surface area (Å²) in [6.45, 7) is 5.13. The van der Waals surface area contributed by atoms with Crippen molar-refractivity contribution in [1.82, 2.24) is 5.32 Å². The van der Waals surface area contributed by atoms with Crippen molar-refractivity contribution in [2.24, 2.45) is 0 Å². The van der Waals surface area contributed by atoms with Gasteiger partial charge in [0.15, 0.2) is 6.10 Å². The van der Waals surface area contributed by atoms with E-state index in [2.05, 4.69) is 5.32 Å². The zero-order valence-electron chi connectivity index (χ0n) is 7.92. The van der Waals surface area contributed by atoms with Gasteiger partial charge < -0.3 is 14.8 Å². The molecule has 72 valence electrons. The van der Waals surface area contributed by atoms with Crippen molar-refractivity contribution in [1.29, 1.82) is 0 Å². The standard InChI is InChI=1S/C8H17NO3/c1-4-11-8(10)7(2)12-6-5-9-3/h7,9H,4-6H2,1-3H3. The number of esters is 1. The summed E-state index contributed by atoms with van der Waals surface area (Å²) in [7, 11) is 1.83. The summed E-state index contributed by atoms with van der Waals surface area (Å²) in [5.74, 6) is -0.298. The summed E-state index contributed by atoms with van der Waals surface area (Å²) in [5, 5.41) is 2.92. The number of ether oxygens (including phenoxy) is 2. The van der Waals surface area contributed by atoms with Crippen LogP contribution in [0.3, 0.4) is 0 Å². The molecular weight excluding hydrogens is 158 g/mol. The first-order chi connectivity index (χ1) is 5.72. The molecule has 1 atom stereocenters. The first kappa shape index (κ1) is 11.4. The number of hydrogen-bond acceptors (Lipinski definition) is 4. The lowest BCUT2D eigenvalue weighted by Gasteiger charge is -2.10. The molecule has 0 heterocycles. The summed E-state index contributed by atoms with van der Waals surface area (Å²) in [6.07, 6.45) is -0.460. The third-order valence-electron chi connectivity index (χ3n) is 1.34. The van der Waals surface area contributed by atoms with E-state index >= 15 is 0 Å². The second-order valence-electron chi connectivity index (χ2n) is 2.37. The van der Waals surface area contributed by atoms with Crippen molar-refractivity contribution < 1.29 is 14.3 Å². The van der Waals surface area contributed by atoms with E-state index in [-0.39, 0.29) is 5.97 Å². The fraction of sp³-hybridized carbons (Fsp3) is 0.875. The molecule has 4 heteroatoms. The average molecular weight is 175 g/mol. The Labute approximate surface area is 73.2 Å². The van der Waals surface area contributed by atoms with Gasteiger partial charge >= 0.3 is 5.97 Å². The smallest absolute Gasteiger partial charge is 0.334 e. The SMILES string of the molecule is CCOC(=O)C(C)OCCNC. The van der Waals surface area contributed by atoms with E-state index in [4.69, 9.17) is 9.47 Å². The van der Waals surface area contributed by atoms with Gasteiger partial charge in [-0.3, -0.25) is 0 Å². The van der Waals surface area contributed by atoms with Crippen molar-refractivity contribution in [2.75, 3.05) is 26.8 Å². The first-order valence-corrected chi connectivity index (χ1v) is 4.15. The Balaban J connectivity index is 3.42. The van der Waals surface area contributed by atoms with Crippen LogP contribution in [0.15, 0.2) is 0 Å². The summed E-state index contributed by atoms with van der Waals surface area (Å²) in [6, 6.07) is 0. The van der Waals surface area contributed by atoms with E-state index in [1.54, 1.807) is 13.8 Å². The molecule has 0 rings (SSSR count). The van der Waals surface area contributed by atoms with E-state index in [1.807, 2.05) is 7.05 Å². The van der Waals surface area contributed by atoms with Crippen LogP contribution in [0, 0.1) is 0 Å². The monoisotopic (exact) mass is 175 g/mol. The molecule has 0 amide bonds. The lowest BCUT2D eigenvalue weighted by molar-refractivity contribution is -0.155. The molecule has 0 aliphatic carbocycles. The molecule has 0 aromatic heterocycles. The summed E-state index contributed by atoms with van der Waals surface area (Å²) in [5.41, 5.74) is 0. The molecule has 0 saturated carbocycles. The molecule has 12 heavy (non-hydrogen) atoms. The molecule has 0 spiro atoms. The zero-order chi connectivity index (χ0) is 9.40. The predicted octanol–water partition coefficient (Wildman–Crippen LogP) is 0.174. The third kappa shape index (κ3) is 5.09. The maximum Gasteiger partial charge on any atom is 0.334 e. The Bertz CT molecular complexity index is 127. The lowest BCUT2D eigenvalue weighted by atomic mass is 10.4. The van der Waals surface area contributed by atoms with Crippen molar-refractivity contribution in [3.63, 3.8) is 0 Å². The quantitative estimate of drug-likeness (QED) is 0.462. The van der Waals surface area contributed by atoms with Crippen molar-refractivity contribution in [2.45, 2.75) is 20.0 Å². The highest BCUT2D eigenvalue weighted by Gasteiger charge is 2.13. The largest absolute Gasteiger partial charge is 0.464 e. The van der Waals surface area contributed by atoms with Gasteiger partial charge in [0.2, 0.25) is 0 Å². The van der Waals surface area contributed by atoms with Crippen LogP contribution in [0.5, 0.6) is 0 Å². The molecule has 0 bridgehead atoms. The van der Waals surface area contributed by atoms with Crippen LogP contribution >= 0.6 is 0 Å². The molecule has 4 nitrogen and oxygen atoms in total. The zero-order valence-corrected chi connectivity index (χ0v) is 7.92. The van der Waals surface area contributed by atoms with Gasteiger partial charge in [-0.15, -0.1) is 0 Å². The maximum atomic E-state index is 11.0. The highest BCUT2D eigenvalue weighted by atomic mass is 16.6. The van der Waals surface area contributed by atoms with E-state index in [0.29, 0.717) is 13.2 Å². The fourth-order valence-corrected chi connectivity index (χ4v) is 0.665. The maximum absolute atomic E-state index is 11.0. The van der Waals surface area contributed by atoms with Gasteiger partial charge in [0.1, 0.15) is 0 Å². The number of hydrogen-bond donors (Lipinski definition) is 1. The lowest BCUT2D eigenvalue weighted by Crippen LogP contribution is -2.26. The number of carbonyl (C=O) groups excluding carboxylic acids is 1. The molecule has 0 aromatic rings. The van der Waals surface area contributed by atoms with Crippen LogP contribution in [0.2, 0.25) is 0 Å². The number of rotatable bonds is 6. The Kier molecular flexibility index (Phi) is 6.70. The molecule has 0 radical (unpaired) electrons. The van der Waals surface area contributed by atoms with Crippen molar-refractivity contribution in [3.8, 4) is 0 Å². The molecule has 1 N–H and O–H groups in total. The Morgan fingerprint density at radius 1 is 1.58 bits per heavy atom. The minimum Gasteiger partial charge on any atom is -0.464 e. The molecule has 0 aromatic carbocycles. The van der Waals surface area contributed by atoms with Gasteiger partial charge in [-0.2, -0.15) is 0 Å². The van der Waals surface area contributed by atoms with E-state index in [0.717, 1.165) is 6.54 Å². The van der Waals surface area contributed by atoms with Crippen LogP contribution in [-0.4, -0.2) is 38.9 Å². The van der Waals surface area contributed by atoms with Gasteiger partial charge in [-0.1, -0.05) is 0 Å². The van der Waals surface area contributed by atoms with Crippen LogP contribution in [0.1, 0.15) is 13.8 Å². The van der Waals surface area contributed by atoms with Gasteiger partial charge in [-0.05, 0) is 20.9 Å². The van der Waals surface area contributed by atoms with Crippen molar-refractivity contribution in [3.05, 3.63) is 0 Å². The second-order valence-corrected chi connectivity index (χ2v) is 2.37.